The van der Waals surface area contributed by atoms with Crippen LogP contribution in [0.2, 0.25) is 17.9 Å². The first-order valence-electron chi connectivity index (χ1n) is 3.15. The Kier molecular flexibility index (Phi) is 5.16. The van der Waals surface area contributed by atoms with Crippen molar-refractivity contribution in [2.45, 2.75) is 30.7 Å². The minimum absolute atomic E-state index is 0.539. The van der Waals surface area contributed by atoms with Crippen LogP contribution < -0.4 is 0 Å². The third-order valence-corrected chi connectivity index (χ3v) is 7.75. The van der Waals surface area contributed by atoms with E-state index in [0.717, 1.165) is 0 Å². The predicted molar refractivity (Wildman–Crippen MR) is 40.0 cm³/mol. The Balaban J connectivity index is 2.00. The van der Waals surface area contributed by atoms with Crippen molar-refractivity contribution in [3.63, 3.8) is 0 Å². The van der Waals surface area contributed by atoms with E-state index in [9.17, 15) is 0 Å². The zero-order valence-electron chi connectivity index (χ0n) is 5.06. The van der Waals surface area contributed by atoms with Gasteiger partial charge in [0.25, 0.3) is 0 Å². The summed E-state index contributed by atoms with van der Waals surface area (Å²) in [4.78, 5) is 0. The maximum absolute atomic E-state index is 1.66. The maximum atomic E-state index is 1.66. The molecule has 0 aromatic heterocycles. The van der Waals surface area contributed by atoms with Crippen molar-refractivity contribution in [1.82, 2.24) is 0 Å². The zero-order valence-corrected chi connectivity index (χ0v) is 9.72. The Bertz CT molecular complexity index is 30.5. The van der Waals surface area contributed by atoms with Gasteiger partial charge in [0, 0.05) is 0 Å². The van der Waals surface area contributed by atoms with E-state index >= 15 is 0 Å². The van der Waals surface area contributed by atoms with Crippen molar-refractivity contribution < 1.29 is 0 Å². The molecule has 2 heteroatoms. The van der Waals surface area contributed by atoms with Gasteiger partial charge in [-0.05, 0) is 0 Å². The summed E-state index contributed by atoms with van der Waals surface area (Å²) < 4.78 is 6.65. The molecule has 0 aromatic rings. The number of rotatable bonds is 0. The Labute approximate surface area is 72.0 Å². The Hall–Kier alpha value is 1.58. The molecule has 0 aromatic carbocycles. The first-order chi connectivity index (χ1) is 4.00. The van der Waals surface area contributed by atoms with Crippen LogP contribution in [-0.4, -0.2) is 41.8 Å². The molecule has 0 N–H and O–H groups in total. The van der Waals surface area contributed by atoms with Crippen molar-refractivity contribution in [1.29, 1.82) is 0 Å². The fourth-order valence-corrected chi connectivity index (χ4v) is 9.41. The van der Waals surface area contributed by atoms with Gasteiger partial charge in [-0.2, -0.15) is 0 Å². The Morgan fingerprint density at radius 1 is 0.625 bits per heavy atom. The predicted octanol–water partition coefficient (Wildman–Crippen LogP) is 1.86. The third kappa shape index (κ3) is 3.58. The molecule has 2 radical (unpaired) electrons. The van der Waals surface area contributed by atoms with E-state index in [4.69, 9.17) is 0 Å². The van der Waals surface area contributed by atoms with Gasteiger partial charge < -0.3 is 0 Å². The van der Waals surface area contributed by atoms with Crippen molar-refractivity contribution in [3.05, 3.63) is 0 Å². The molecule has 1 heterocycles. The van der Waals surface area contributed by atoms with Gasteiger partial charge in [-0.3, -0.25) is 0 Å². The molecule has 1 fully saturated rings. The van der Waals surface area contributed by atoms with E-state index in [-0.39, 0.29) is 0 Å². The summed E-state index contributed by atoms with van der Waals surface area (Å²) in [6.45, 7) is 0. The average Bonchev–Trinajstić information content (AvgIpc) is 1.62. The standard InChI is InChI=1S/C6H12Te2/c1-3-7-5-2-6-8-4-1/h1-6H2/q+2. The van der Waals surface area contributed by atoms with Crippen molar-refractivity contribution in [2.24, 2.45) is 0 Å². The second-order valence-corrected chi connectivity index (χ2v) is 8.92. The molecule has 1 aliphatic rings. The van der Waals surface area contributed by atoms with E-state index in [1.54, 1.807) is 30.7 Å². The van der Waals surface area contributed by atoms with E-state index < -0.39 is 0 Å². The first-order valence-corrected chi connectivity index (χ1v) is 9.75. The van der Waals surface area contributed by atoms with Crippen LogP contribution in [0, 0.1) is 0 Å². The van der Waals surface area contributed by atoms with Gasteiger partial charge in [0.1, 0.15) is 0 Å². The molecule has 0 spiro atoms. The topological polar surface area (TPSA) is 0 Å². The molecule has 0 amide bonds. The first kappa shape index (κ1) is 7.68. The molecule has 8 heavy (non-hydrogen) atoms. The van der Waals surface area contributed by atoms with Gasteiger partial charge >= 0.3 is 72.6 Å². The third-order valence-electron chi connectivity index (χ3n) is 1.15. The fraction of sp³-hybridized carbons (Fsp3) is 1.00. The minimum atomic E-state index is 0.539. The molecule has 0 aliphatic carbocycles. The van der Waals surface area contributed by atoms with Crippen LogP contribution in [0.15, 0.2) is 0 Å². The average molecular weight is 339 g/mol. The van der Waals surface area contributed by atoms with Crippen LogP contribution in [0.3, 0.4) is 0 Å². The molecule has 1 saturated heterocycles. The van der Waals surface area contributed by atoms with Gasteiger partial charge in [0.2, 0.25) is 0 Å². The quantitative estimate of drug-likeness (QED) is 0.591. The summed E-state index contributed by atoms with van der Waals surface area (Å²) >= 11 is 1.08. The molecule has 0 bridgehead atoms. The molecule has 0 saturated carbocycles. The van der Waals surface area contributed by atoms with Gasteiger partial charge in [-0.15, -0.1) is 0 Å². The fourth-order valence-electron chi connectivity index (χ4n) is 0.730. The normalized spacial score (nSPS) is 24.0. The van der Waals surface area contributed by atoms with E-state index in [2.05, 4.69) is 0 Å². The summed E-state index contributed by atoms with van der Waals surface area (Å²) in [5, 5.41) is 0. The van der Waals surface area contributed by atoms with Gasteiger partial charge in [0.15, 0.2) is 0 Å². The molecule has 0 atom stereocenters. The zero-order chi connectivity index (χ0) is 5.66. The van der Waals surface area contributed by atoms with Crippen molar-refractivity contribution >= 4 is 41.8 Å². The van der Waals surface area contributed by atoms with Crippen LogP contribution in [-0.2, 0) is 0 Å². The van der Waals surface area contributed by atoms with Crippen LogP contribution in [0.25, 0.3) is 0 Å². The monoisotopic (exact) mass is 344 g/mol. The molecular weight excluding hydrogens is 327 g/mol. The number of hydrogen-bond acceptors (Lipinski definition) is 0. The Morgan fingerprint density at radius 3 is 1.38 bits per heavy atom. The summed E-state index contributed by atoms with van der Waals surface area (Å²) in [5.41, 5.74) is 0. The summed E-state index contributed by atoms with van der Waals surface area (Å²) in [6, 6.07) is 0. The van der Waals surface area contributed by atoms with Gasteiger partial charge in [-0.1, -0.05) is 0 Å². The Morgan fingerprint density at radius 2 is 1.00 bits per heavy atom. The van der Waals surface area contributed by atoms with E-state index in [1.165, 1.54) is 0 Å². The van der Waals surface area contributed by atoms with Crippen LogP contribution >= 0.6 is 0 Å². The molecule has 0 unspecified atom stereocenters. The van der Waals surface area contributed by atoms with E-state index in [1.807, 2.05) is 0 Å². The second kappa shape index (κ2) is 5.37. The summed E-state index contributed by atoms with van der Waals surface area (Å²) in [7, 11) is 0. The molecule has 1 aliphatic heterocycles. The SMILES string of the molecule is C1C[Te+]CCC[Te+]C1. The summed E-state index contributed by atoms with van der Waals surface area (Å²) in [5.74, 6) is 0. The van der Waals surface area contributed by atoms with E-state index in [0.29, 0.717) is 41.8 Å². The molecule has 1 rings (SSSR count). The second-order valence-electron chi connectivity index (χ2n) is 1.93. The summed E-state index contributed by atoms with van der Waals surface area (Å²) in [6.07, 6.45) is 3.23. The molecular formula is C6H12Te2+2. The van der Waals surface area contributed by atoms with Crippen molar-refractivity contribution in [3.8, 4) is 0 Å². The van der Waals surface area contributed by atoms with Crippen LogP contribution in [0.5, 0.6) is 0 Å². The number of hydrogen-bond donors (Lipinski definition) is 0. The van der Waals surface area contributed by atoms with Crippen LogP contribution in [0.4, 0.5) is 0 Å². The molecule has 0 nitrogen and oxygen atoms in total. The van der Waals surface area contributed by atoms with Gasteiger partial charge in [0.05, 0.1) is 0 Å². The van der Waals surface area contributed by atoms with Gasteiger partial charge in [-0.25, -0.2) is 0 Å². The van der Waals surface area contributed by atoms with Crippen LogP contribution in [0.1, 0.15) is 12.8 Å². The molecule has 46 valence electrons. The van der Waals surface area contributed by atoms with Crippen molar-refractivity contribution in [2.75, 3.05) is 0 Å².